The van der Waals surface area contributed by atoms with Crippen LogP contribution in [0, 0.1) is 5.82 Å². The molecule has 1 atom stereocenters. The third kappa shape index (κ3) is 2.38. The Labute approximate surface area is 150 Å². The van der Waals surface area contributed by atoms with Gasteiger partial charge in [-0.05, 0) is 31.2 Å². The van der Waals surface area contributed by atoms with Crippen molar-refractivity contribution in [2.24, 2.45) is 0 Å². The van der Waals surface area contributed by atoms with E-state index in [4.69, 9.17) is 16.3 Å². The van der Waals surface area contributed by atoms with Gasteiger partial charge in [0, 0.05) is 29.2 Å². The lowest BCUT2D eigenvalue weighted by Gasteiger charge is -2.37. The molecule has 130 valence electrons. The summed E-state index contributed by atoms with van der Waals surface area (Å²) in [4.78, 5) is 16.4. The summed E-state index contributed by atoms with van der Waals surface area (Å²) in [5.74, 6) is -0.396. The predicted molar refractivity (Wildman–Crippen MR) is 94.2 cm³/mol. The van der Waals surface area contributed by atoms with Crippen molar-refractivity contribution in [3.8, 4) is 0 Å². The van der Waals surface area contributed by atoms with E-state index in [1.54, 1.807) is 35.2 Å². The zero-order chi connectivity index (χ0) is 17.6. The number of halogens is 2. The number of carbonyl (C=O) groups is 1. The molecule has 2 aliphatic heterocycles. The topological polar surface area (TPSA) is 32.8 Å². The van der Waals surface area contributed by atoms with Crippen LogP contribution in [0.15, 0.2) is 42.5 Å². The molecule has 1 fully saturated rings. The first kappa shape index (κ1) is 16.5. The quantitative estimate of drug-likeness (QED) is 0.823. The molecule has 2 aromatic carbocycles. The van der Waals surface area contributed by atoms with E-state index in [9.17, 15) is 9.18 Å². The van der Waals surface area contributed by atoms with Crippen molar-refractivity contribution < 1.29 is 13.9 Å². The van der Waals surface area contributed by atoms with Crippen LogP contribution in [-0.2, 0) is 15.3 Å². The zero-order valence-corrected chi connectivity index (χ0v) is 14.6. The molecule has 2 heterocycles. The summed E-state index contributed by atoms with van der Waals surface area (Å²) in [7, 11) is 0. The van der Waals surface area contributed by atoms with E-state index >= 15 is 0 Å². The van der Waals surface area contributed by atoms with Gasteiger partial charge in [-0.2, -0.15) is 0 Å². The molecule has 1 unspecified atom stereocenters. The monoisotopic (exact) mass is 360 g/mol. The van der Waals surface area contributed by atoms with E-state index in [2.05, 4.69) is 0 Å². The minimum atomic E-state index is -1.15. The van der Waals surface area contributed by atoms with Crippen LogP contribution in [0.5, 0.6) is 0 Å². The molecule has 0 aliphatic carbocycles. The van der Waals surface area contributed by atoms with Gasteiger partial charge in [-0.3, -0.25) is 9.69 Å². The second kappa shape index (κ2) is 6.09. The summed E-state index contributed by atoms with van der Waals surface area (Å²) in [5.41, 5.74) is 0.673. The minimum Gasteiger partial charge on any atom is -0.350 e. The van der Waals surface area contributed by atoms with Crippen molar-refractivity contribution in [3.63, 3.8) is 0 Å². The molecule has 2 aromatic rings. The maximum absolute atomic E-state index is 14.8. The van der Waals surface area contributed by atoms with Gasteiger partial charge in [-0.25, -0.2) is 4.39 Å². The standard InChI is InChI=1S/C19H18ClFN2O2/c1-2-23-17-8-7-13(20)11-15(17)19(14-5-3-4-6-16(14)21)22(9-10-25-19)12-18(23)24/h3-8,11H,2,9-10,12H2,1H3. The first-order valence-corrected chi connectivity index (χ1v) is 8.70. The first-order chi connectivity index (χ1) is 12.1. The number of hydrogen-bond acceptors (Lipinski definition) is 3. The number of nitrogens with zero attached hydrogens (tertiary/aromatic N) is 2. The molecular weight excluding hydrogens is 343 g/mol. The Hall–Kier alpha value is -1.95. The largest absolute Gasteiger partial charge is 0.350 e. The molecule has 0 aromatic heterocycles. The average Bonchev–Trinajstić information content (AvgIpc) is 2.97. The lowest BCUT2D eigenvalue weighted by Crippen LogP contribution is -2.45. The number of amides is 1. The predicted octanol–water partition coefficient (Wildman–Crippen LogP) is 3.38. The van der Waals surface area contributed by atoms with Crippen molar-refractivity contribution in [1.29, 1.82) is 0 Å². The fourth-order valence-corrected chi connectivity index (χ4v) is 4.04. The number of fused-ring (bicyclic) bond motifs is 3. The summed E-state index contributed by atoms with van der Waals surface area (Å²) in [6.07, 6.45) is 0. The Morgan fingerprint density at radius 1 is 1.24 bits per heavy atom. The fourth-order valence-electron chi connectivity index (χ4n) is 3.86. The number of hydrogen-bond donors (Lipinski definition) is 0. The van der Waals surface area contributed by atoms with Crippen molar-refractivity contribution in [3.05, 3.63) is 64.4 Å². The smallest absolute Gasteiger partial charge is 0.241 e. The van der Waals surface area contributed by atoms with E-state index in [0.717, 1.165) is 0 Å². The van der Waals surface area contributed by atoms with Crippen molar-refractivity contribution >= 4 is 23.2 Å². The Bertz CT molecular complexity index is 844. The Kier molecular flexibility index (Phi) is 4.02. The van der Waals surface area contributed by atoms with Crippen LogP contribution in [0.1, 0.15) is 18.1 Å². The Morgan fingerprint density at radius 3 is 2.80 bits per heavy atom. The highest BCUT2D eigenvalue weighted by Crippen LogP contribution is 2.47. The molecule has 2 aliphatic rings. The summed E-state index contributed by atoms with van der Waals surface area (Å²) in [6, 6.07) is 11.9. The number of rotatable bonds is 2. The van der Waals surface area contributed by atoms with Crippen LogP contribution in [0.2, 0.25) is 5.02 Å². The van der Waals surface area contributed by atoms with E-state index in [1.807, 2.05) is 17.9 Å². The molecule has 6 heteroatoms. The SMILES string of the molecule is CCN1C(=O)CN2CCOC2(c2ccccc2F)c2cc(Cl)ccc21. The second-order valence-corrected chi connectivity index (χ2v) is 6.63. The van der Waals surface area contributed by atoms with Gasteiger partial charge in [0.15, 0.2) is 5.72 Å². The first-order valence-electron chi connectivity index (χ1n) is 8.32. The molecule has 25 heavy (non-hydrogen) atoms. The summed E-state index contributed by atoms with van der Waals surface area (Å²) < 4.78 is 20.9. The zero-order valence-electron chi connectivity index (χ0n) is 13.8. The molecule has 0 N–H and O–H groups in total. The number of benzene rings is 2. The second-order valence-electron chi connectivity index (χ2n) is 6.19. The van der Waals surface area contributed by atoms with E-state index < -0.39 is 5.72 Å². The molecule has 1 amide bonds. The number of ether oxygens (including phenoxy) is 1. The van der Waals surface area contributed by atoms with E-state index in [1.165, 1.54) is 6.07 Å². The average molecular weight is 361 g/mol. The van der Waals surface area contributed by atoms with Gasteiger partial charge in [0.05, 0.1) is 18.8 Å². The van der Waals surface area contributed by atoms with Crippen molar-refractivity contribution in [1.82, 2.24) is 4.90 Å². The normalized spacial score (nSPS) is 23.3. The van der Waals surface area contributed by atoms with E-state index in [0.29, 0.717) is 41.5 Å². The Balaban J connectivity index is 2.06. The van der Waals surface area contributed by atoms with Crippen molar-refractivity contribution in [2.45, 2.75) is 12.6 Å². The van der Waals surface area contributed by atoms with Gasteiger partial charge < -0.3 is 9.64 Å². The summed E-state index contributed by atoms with van der Waals surface area (Å²) in [5, 5.41) is 0.523. The Morgan fingerprint density at radius 2 is 2.04 bits per heavy atom. The molecule has 4 rings (SSSR count). The third-order valence-electron chi connectivity index (χ3n) is 4.91. The number of carbonyl (C=O) groups excluding carboxylic acids is 1. The van der Waals surface area contributed by atoms with Crippen LogP contribution in [-0.4, -0.2) is 37.0 Å². The lowest BCUT2D eigenvalue weighted by molar-refractivity contribution is -0.123. The fraction of sp³-hybridized carbons (Fsp3) is 0.316. The van der Waals surface area contributed by atoms with Gasteiger partial charge in [0.1, 0.15) is 5.82 Å². The highest BCUT2D eigenvalue weighted by Gasteiger charge is 2.51. The molecular formula is C19H18ClFN2O2. The van der Waals surface area contributed by atoms with Crippen LogP contribution in [0.3, 0.4) is 0 Å². The third-order valence-corrected chi connectivity index (χ3v) is 5.15. The molecule has 0 spiro atoms. The van der Waals surface area contributed by atoms with Gasteiger partial charge in [0.2, 0.25) is 5.91 Å². The summed E-state index contributed by atoms with van der Waals surface area (Å²) >= 11 is 6.27. The molecule has 0 radical (unpaired) electrons. The maximum atomic E-state index is 14.8. The lowest BCUT2D eigenvalue weighted by atomic mass is 9.91. The number of likely N-dealkylation sites (N-methyl/N-ethyl adjacent to an activating group) is 1. The van der Waals surface area contributed by atoms with Gasteiger partial charge in [-0.1, -0.05) is 29.8 Å². The maximum Gasteiger partial charge on any atom is 0.241 e. The van der Waals surface area contributed by atoms with Crippen LogP contribution in [0.25, 0.3) is 0 Å². The molecule has 1 saturated heterocycles. The van der Waals surface area contributed by atoms with Gasteiger partial charge >= 0.3 is 0 Å². The molecule has 4 nitrogen and oxygen atoms in total. The van der Waals surface area contributed by atoms with Gasteiger partial charge in [-0.15, -0.1) is 0 Å². The molecule has 0 saturated carbocycles. The highest BCUT2D eigenvalue weighted by atomic mass is 35.5. The minimum absolute atomic E-state index is 0.0326. The van der Waals surface area contributed by atoms with Crippen molar-refractivity contribution in [2.75, 3.05) is 31.1 Å². The van der Waals surface area contributed by atoms with Crippen LogP contribution < -0.4 is 4.90 Å². The van der Waals surface area contributed by atoms with Gasteiger partial charge in [0.25, 0.3) is 0 Å². The molecule has 0 bridgehead atoms. The van der Waals surface area contributed by atoms with Crippen LogP contribution in [0.4, 0.5) is 10.1 Å². The highest BCUT2D eigenvalue weighted by molar-refractivity contribution is 6.30. The van der Waals surface area contributed by atoms with Crippen LogP contribution >= 0.6 is 11.6 Å². The summed E-state index contributed by atoms with van der Waals surface area (Å²) in [6.45, 7) is 3.57. The van der Waals surface area contributed by atoms with E-state index in [-0.39, 0.29) is 18.3 Å². The number of anilines is 1.